The van der Waals surface area contributed by atoms with Crippen molar-refractivity contribution in [3.63, 3.8) is 0 Å². The fourth-order valence-electron chi connectivity index (χ4n) is 2.33. The molecule has 1 aliphatic heterocycles. The molecule has 3 heteroatoms. The molecule has 0 spiro atoms. The summed E-state index contributed by atoms with van der Waals surface area (Å²) in [6.45, 7) is 4.35. The van der Waals surface area contributed by atoms with E-state index in [-0.39, 0.29) is 11.2 Å². The van der Waals surface area contributed by atoms with Gasteiger partial charge in [-0.15, -0.1) is 11.8 Å². The fraction of sp³-hybridized carbons (Fsp3) is 0.235. The lowest BCUT2D eigenvalue weighted by Crippen LogP contribution is -2.22. The Morgan fingerprint density at radius 1 is 1.05 bits per heavy atom. The highest BCUT2D eigenvalue weighted by Gasteiger charge is 2.27. The second-order valence-electron chi connectivity index (χ2n) is 5.30. The smallest absolute Gasteiger partial charge is 0.242 e. The highest BCUT2D eigenvalue weighted by molar-refractivity contribution is 8.00. The van der Waals surface area contributed by atoms with Crippen LogP contribution in [0.4, 0.5) is 5.69 Å². The summed E-state index contributed by atoms with van der Waals surface area (Å²) in [7, 11) is 0. The summed E-state index contributed by atoms with van der Waals surface area (Å²) in [5.74, 6) is 0.573. The highest BCUT2D eigenvalue weighted by atomic mass is 32.2. The van der Waals surface area contributed by atoms with Crippen LogP contribution < -0.4 is 5.32 Å². The van der Waals surface area contributed by atoms with E-state index in [0.29, 0.717) is 5.92 Å². The van der Waals surface area contributed by atoms with E-state index in [1.165, 1.54) is 5.56 Å². The topological polar surface area (TPSA) is 29.1 Å². The van der Waals surface area contributed by atoms with Gasteiger partial charge in [0.05, 0.1) is 5.69 Å². The van der Waals surface area contributed by atoms with Crippen LogP contribution in [0.1, 0.15) is 36.1 Å². The summed E-state index contributed by atoms with van der Waals surface area (Å²) >= 11 is 1.62. The molecule has 1 N–H and O–H groups in total. The van der Waals surface area contributed by atoms with Crippen molar-refractivity contribution in [3.8, 4) is 0 Å². The number of thioether (sulfide) groups is 1. The summed E-state index contributed by atoms with van der Waals surface area (Å²) < 4.78 is 0. The van der Waals surface area contributed by atoms with Gasteiger partial charge in [0.1, 0.15) is 5.25 Å². The Morgan fingerprint density at radius 2 is 1.75 bits per heavy atom. The first kappa shape index (κ1) is 13.3. The molecular weight excluding hydrogens is 266 g/mol. The van der Waals surface area contributed by atoms with Gasteiger partial charge in [-0.2, -0.15) is 0 Å². The lowest BCUT2D eigenvalue weighted by molar-refractivity contribution is -0.115. The maximum atomic E-state index is 12.2. The van der Waals surface area contributed by atoms with E-state index in [1.54, 1.807) is 11.8 Å². The standard InChI is InChI=1S/C17H17NOS/c1-11(2)12-7-9-13(10-8-12)16-17(19)18-14-5-3-4-6-15(14)20-16/h3-11,16H,1-2H3,(H,18,19). The van der Waals surface area contributed by atoms with Crippen LogP contribution in [-0.4, -0.2) is 5.91 Å². The zero-order chi connectivity index (χ0) is 14.1. The number of fused-ring (bicyclic) bond motifs is 1. The molecule has 102 valence electrons. The number of para-hydroxylation sites is 1. The Labute approximate surface area is 123 Å². The quantitative estimate of drug-likeness (QED) is 0.873. The molecule has 1 atom stereocenters. The van der Waals surface area contributed by atoms with Gasteiger partial charge in [-0.05, 0) is 29.2 Å². The lowest BCUT2D eigenvalue weighted by atomic mass is 10.0. The molecule has 0 saturated carbocycles. The maximum Gasteiger partial charge on any atom is 0.242 e. The minimum absolute atomic E-state index is 0.0611. The van der Waals surface area contributed by atoms with Gasteiger partial charge in [0.2, 0.25) is 5.91 Å². The fourth-order valence-corrected chi connectivity index (χ4v) is 3.44. The molecule has 1 heterocycles. The summed E-state index contributed by atoms with van der Waals surface area (Å²) in [5, 5.41) is 2.83. The van der Waals surface area contributed by atoms with Crippen LogP contribution >= 0.6 is 11.8 Å². The van der Waals surface area contributed by atoms with Crippen LogP contribution in [0.15, 0.2) is 53.4 Å². The Balaban J connectivity index is 1.89. The van der Waals surface area contributed by atoms with Crippen molar-refractivity contribution in [3.05, 3.63) is 59.7 Å². The second-order valence-corrected chi connectivity index (χ2v) is 6.45. The van der Waals surface area contributed by atoms with Gasteiger partial charge in [0.15, 0.2) is 0 Å². The third-order valence-electron chi connectivity index (χ3n) is 3.53. The van der Waals surface area contributed by atoms with Crippen molar-refractivity contribution in [1.29, 1.82) is 0 Å². The minimum atomic E-state index is -0.161. The van der Waals surface area contributed by atoms with E-state index >= 15 is 0 Å². The molecule has 2 aromatic carbocycles. The molecule has 0 saturated heterocycles. The number of rotatable bonds is 2. The van der Waals surface area contributed by atoms with E-state index < -0.39 is 0 Å². The van der Waals surface area contributed by atoms with Crippen molar-refractivity contribution in [1.82, 2.24) is 0 Å². The molecule has 2 nitrogen and oxygen atoms in total. The second kappa shape index (κ2) is 5.33. The molecule has 0 aromatic heterocycles. The molecule has 1 aliphatic rings. The number of hydrogen-bond donors (Lipinski definition) is 1. The monoisotopic (exact) mass is 283 g/mol. The van der Waals surface area contributed by atoms with Gasteiger partial charge in [0, 0.05) is 4.90 Å². The van der Waals surface area contributed by atoms with Crippen LogP contribution in [0.2, 0.25) is 0 Å². The first-order chi connectivity index (χ1) is 9.65. The third-order valence-corrected chi connectivity index (χ3v) is 4.87. The molecule has 20 heavy (non-hydrogen) atoms. The Kier molecular flexibility index (Phi) is 3.53. The van der Waals surface area contributed by atoms with Gasteiger partial charge in [-0.3, -0.25) is 4.79 Å². The predicted molar refractivity (Wildman–Crippen MR) is 84.2 cm³/mol. The van der Waals surface area contributed by atoms with Crippen molar-refractivity contribution >= 4 is 23.4 Å². The first-order valence-electron chi connectivity index (χ1n) is 6.81. The van der Waals surface area contributed by atoms with Gasteiger partial charge >= 0.3 is 0 Å². The minimum Gasteiger partial charge on any atom is -0.324 e. The van der Waals surface area contributed by atoms with Crippen molar-refractivity contribution in [2.75, 3.05) is 5.32 Å². The molecule has 1 amide bonds. The number of anilines is 1. The average molecular weight is 283 g/mol. The summed E-state index contributed by atoms with van der Waals surface area (Å²) in [6.07, 6.45) is 0. The van der Waals surface area contributed by atoms with Crippen molar-refractivity contribution < 1.29 is 4.79 Å². The van der Waals surface area contributed by atoms with Gasteiger partial charge in [-0.1, -0.05) is 50.2 Å². The Bertz CT molecular complexity index is 634. The van der Waals surface area contributed by atoms with E-state index in [2.05, 4.69) is 49.5 Å². The van der Waals surface area contributed by atoms with Gasteiger partial charge < -0.3 is 5.32 Å². The third kappa shape index (κ3) is 2.46. The normalized spacial score (nSPS) is 17.8. The number of benzene rings is 2. The number of hydrogen-bond acceptors (Lipinski definition) is 2. The number of carbonyl (C=O) groups excluding carboxylic acids is 1. The largest absolute Gasteiger partial charge is 0.324 e. The summed E-state index contributed by atoms with van der Waals surface area (Å²) in [6, 6.07) is 16.3. The number of carbonyl (C=O) groups is 1. The molecular formula is C17H17NOS. The zero-order valence-corrected chi connectivity index (χ0v) is 12.4. The van der Waals surface area contributed by atoms with E-state index in [1.807, 2.05) is 18.2 Å². The summed E-state index contributed by atoms with van der Waals surface area (Å²) in [5.41, 5.74) is 3.28. The van der Waals surface area contributed by atoms with Crippen molar-refractivity contribution in [2.45, 2.75) is 29.9 Å². The molecule has 3 rings (SSSR count). The molecule has 0 aliphatic carbocycles. The molecule has 0 radical (unpaired) electrons. The lowest BCUT2D eigenvalue weighted by Gasteiger charge is -2.24. The average Bonchev–Trinajstić information content (AvgIpc) is 2.46. The van der Waals surface area contributed by atoms with Crippen LogP contribution in [0.3, 0.4) is 0 Å². The predicted octanol–water partition coefficient (Wildman–Crippen LogP) is 4.60. The maximum absolute atomic E-state index is 12.2. The van der Waals surface area contributed by atoms with Crippen LogP contribution in [0, 0.1) is 0 Å². The Morgan fingerprint density at radius 3 is 2.45 bits per heavy atom. The van der Waals surface area contributed by atoms with E-state index in [4.69, 9.17) is 0 Å². The number of amides is 1. The van der Waals surface area contributed by atoms with Gasteiger partial charge in [-0.25, -0.2) is 0 Å². The van der Waals surface area contributed by atoms with E-state index in [9.17, 15) is 4.79 Å². The van der Waals surface area contributed by atoms with Crippen molar-refractivity contribution in [2.24, 2.45) is 0 Å². The van der Waals surface area contributed by atoms with Crippen LogP contribution in [-0.2, 0) is 4.79 Å². The molecule has 1 unspecified atom stereocenters. The molecule has 2 aromatic rings. The summed E-state index contributed by atoms with van der Waals surface area (Å²) in [4.78, 5) is 13.4. The Hall–Kier alpha value is -1.74. The SMILES string of the molecule is CC(C)c1ccc(C2Sc3ccccc3NC2=O)cc1. The zero-order valence-electron chi connectivity index (χ0n) is 11.6. The van der Waals surface area contributed by atoms with Gasteiger partial charge in [0.25, 0.3) is 0 Å². The highest BCUT2D eigenvalue weighted by Crippen LogP contribution is 2.43. The van der Waals surface area contributed by atoms with Crippen LogP contribution in [0.25, 0.3) is 0 Å². The molecule has 0 bridgehead atoms. The molecule has 0 fully saturated rings. The van der Waals surface area contributed by atoms with E-state index in [0.717, 1.165) is 16.1 Å². The number of nitrogens with one attached hydrogen (secondary N) is 1. The van der Waals surface area contributed by atoms with Crippen LogP contribution in [0.5, 0.6) is 0 Å². The first-order valence-corrected chi connectivity index (χ1v) is 7.69.